The Morgan fingerprint density at radius 3 is 3.06 bits per heavy atom. The van der Waals surface area contributed by atoms with Gasteiger partial charge in [0.05, 0.1) is 0 Å². The van der Waals surface area contributed by atoms with Crippen molar-refractivity contribution in [3.8, 4) is 0 Å². The average Bonchev–Trinajstić information content (AvgIpc) is 2.96. The lowest BCUT2D eigenvalue weighted by Gasteiger charge is -2.19. The van der Waals surface area contributed by atoms with Gasteiger partial charge >= 0.3 is 0 Å². The van der Waals surface area contributed by atoms with E-state index in [1.165, 1.54) is 0 Å². The number of rotatable bonds is 3. The molecule has 1 aromatic heterocycles. The van der Waals surface area contributed by atoms with Crippen LogP contribution >= 0.6 is 0 Å². The first-order valence-corrected chi connectivity index (χ1v) is 6.46. The minimum absolute atomic E-state index is 0.263. The number of fused-ring (bicyclic) bond motifs is 1. The zero-order valence-corrected chi connectivity index (χ0v) is 10.0. The first-order chi connectivity index (χ1) is 8.35. The van der Waals surface area contributed by atoms with Crippen molar-refractivity contribution in [2.24, 2.45) is 11.8 Å². The quantitative estimate of drug-likeness (QED) is 0.827. The lowest BCUT2D eigenvalue weighted by Crippen LogP contribution is -2.22. The molecule has 3 rings (SSSR count). The van der Waals surface area contributed by atoms with Gasteiger partial charge in [0, 0.05) is 39.2 Å². The number of aliphatic hydroxyl groups excluding tert-OH is 1. The van der Waals surface area contributed by atoms with Gasteiger partial charge in [0.25, 0.3) is 0 Å². The molecule has 0 radical (unpaired) electrons. The molecule has 0 spiro atoms. The molecular formula is C12H19N3O2. The summed E-state index contributed by atoms with van der Waals surface area (Å²) in [6, 6.07) is 0. The van der Waals surface area contributed by atoms with E-state index in [0.717, 1.165) is 57.1 Å². The van der Waals surface area contributed by atoms with E-state index in [2.05, 4.69) is 10.1 Å². The molecule has 0 aliphatic carbocycles. The van der Waals surface area contributed by atoms with Crippen LogP contribution in [0.4, 0.5) is 0 Å². The second kappa shape index (κ2) is 4.74. The molecule has 2 unspecified atom stereocenters. The number of aliphatic hydroxyl groups is 1. The van der Waals surface area contributed by atoms with Crippen LogP contribution in [-0.4, -0.2) is 39.7 Å². The summed E-state index contributed by atoms with van der Waals surface area (Å²) in [6.45, 7) is 2.89. The first-order valence-electron chi connectivity index (χ1n) is 6.46. The second-order valence-corrected chi connectivity index (χ2v) is 5.14. The summed E-state index contributed by atoms with van der Waals surface area (Å²) in [5.74, 6) is 2.96. The highest BCUT2D eigenvalue weighted by Crippen LogP contribution is 2.21. The van der Waals surface area contributed by atoms with E-state index < -0.39 is 0 Å². The average molecular weight is 237 g/mol. The highest BCUT2D eigenvalue weighted by atomic mass is 16.5. The third kappa shape index (κ3) is 2.35. The number of nitrogens with zero attached hydrogens (tertiary/aromatic N) is 3. The zero-order valence-electron chi connectivity index (χ0n) is 10.0. The number of aryl methyl sites for hydroxylation is 1. The molecule has 5 nitrogen and oxygen atoms in total. The Balaban J connectivity index is 1.69. The van der Waals surface area contributed by atoms with E-state index in [1.807, 2.05) is 4.68 Å². The topological polar surface area (TPSA) is 60.2 Å². The molecule has 3 heterocycles. The van der Waals surface area contributed by atoms with E-state index in [1.54, 1.807) is 0 Å². The SMILES string of the molecule is OCC1CCn2nc(CC3CCOC3)nc2C1. The molecule has 1 saturated heterocycles. The highest BCUT2D eigenvalue weighted by Gasteiger charge is 2.23. The standard InChI is InChI=1S/C12H19N3O2/c16-7-9-1-3-15-12(6-9)13-11(14-15)5-10-2-4-17-8-10/h9-10,16H,1-8H2. The van der Waals surface area contributed by atoms with E-state index in [-0.39, 0.29) is 6.61 Å². The van der Waals surface area contributed by atoms with Crippen LogP contribution in [0.1, 0.15) is 24.5 Å². The number of aromatic nitrogens is 3. The summed E-state index contributed by atoms with van der Waals surface area (Å²) in [6.07, 6.45) is 3.94. The maximum atomic E-state index is 9.18. The largest absolute Gasteiger partial charge is 0.396 e. The van der Waals surface area contributed by atoms with Crippen LogP contribution in [0.15, 0.2) is 0 Å². The number of hydrogen-bond acceptors (Lipinski definition) is 4. The molecule has 1 fully saturated rings. The summed E-state index contributed by atoms with van der Waals surface area (Å²) in [5.41, 5.74) is 0. The molecule has 0 amide bonds. The van der Waals surface area contributed by atoms with Crippen LogP contribution in [0.3, 0.4) is 0 Å². The molecule has 1 N–H and O–H groups in total. The summed E-state index contributed by atoms with van der Waals surface area (Å²) in [4.78, 5) is 4.60. The van der Waals surface area contributed by atoms with Crippen LogP contribution in [-0.2, 0) is 24.1 Å². The minimum Gasteiger partial charge on any atom is -0.396 e. The zero-order chi connectivity index (χ0) is 11.7. The number of ether oxygens (including phenoxy) is 1. The van der Waals surface area contributed by atoms with Crippen molar-refractivity contribution in [1.82, 2.24) is 14.8 Å². The van der Waals surface area contributed by atoms with Crippen molar-refractivity contribution in [3.63, 3.8) is 0 Å². The molecule has 0 bridgehead atoms. The predicted octanol–water partition coefficient (Wildman–Crippen LogP) is 0.412. The van der Waals surface area contributed by atoms with Gasteiger partial charge in [-0.2, -0.15) is 5.10 Å². The Hall–Kier alpha value is -0.940. The van der Waals surface area contributed by atoms with E-state index in [4.69, 9.17) is 4.74 Å². The van der Waals surface area contributed by atoms with E-state index in [0.29, 0.717) is 11.8 Å². The van der Waals surface area contributed by atoms with Crippen LogP contribution in [0.25, 0.3) is 0 Å². The fourth-order valence-electron chi connectivity index (χ4n) is 2.67. The third-order valence-electron chi connectivity index (χ3n) is 3.77. The fraction of sp³-hybridized carbons (Fsp3) is 0.833. The molecule has 0 aromatic carbocycles. The Bertz CT molecular complexity index is 385. The van der Waals surface area contributed by atoms with Crippen LogP contribution in [0, 0.1) is 11.8 Å². The van der Waals surface area contributed by atoms with Crippen LogP contribution in [0.2, 0.25) is 0 Å². The predicted molar refractivity (Wildman–Crippen MR) is 61.5 cm³/mol. The minimum atomic E-state index is 0.263. The Kier molecular flexibility index (Phi) is 3.11. The second-order valence-electron chi connectivity index (χ2n) is 5.14. The van der Waals surface area contributed by atoms with Gasteiger partial charge < -0.3 is 9.84 Å². The highest BCUT2D eigenvalue weighted by molar-refractivity contribution is 4.98. The summed E-state index contributed by atoms with van der Waals surface area (Å²) in [5, 5.41) is 13.7. The fourth-order valence-corrected chi connectivity index (χ4v) is 2.67. The molecule has 94 valence electrons. The smallest absolute Gasteiger partial charge is 0.151 e. The Morgan fingerprint density at radius 1 is 1.35 bits per heavy atom. The van der Waals surface area contributed by atoms with Crippen molar-refractivity contribution in [2.45, 2.75) is 32.2 Å². The van der Waals surface area contributed by atoms with Crippen LogP contribution in [0.5, 0.6) is 0 Å². The molecule has 2 atom stereocenters. The molecule has 2 aliphatic heterocycles. The Labute approximate surface area is 101 Å². The lowest BCUT2D eigenvalue weighted by molar-refractivity contribution is 0.185. The molecule has 5 heteroatoms. The maximum Gasteiger partial charge on any atom is 0.151 e. The van der Waals surface area contributed by atoms with Crippen molar-refractivity contribution >= 4 is 0 Å². The molecule has 17 heavy (non-hydrogen) atoms. The summed E-state index contributed by atoms with van der Waals surface area (Å²) < 4.78 is 7.38. The maximum absolute atomic E-state index is 9.18. The van der Waals surface area contributed by atoms with E-state index >= 15 is 0 Å². The third-order valence-corrected chi connectivity index (χ3v) is 3.77. The van der Waals surface area contributed by atoms with Gasteiger partial charge in [-0.1, -0.05) is 0 Å². The molecular weight excluding hydrogens is 218 g/mol. The van der Waals surface area contributed by atoms with Gasteiger partial charge in [-0.05, 0) is 24.7 Å². The number of hydrogen-bond donors (Lipinski definition) is 1. The monoisotopic (exact) mass is 237 g/mol. The van der Waals surface area contributed by atoms with Gasteiger partial charge in [-0.3, -0.25) is 0 Å². The molecule has 2 aliphatic rings. The summed E-state index contributed by atoms with van der Waals surface area (Å²) in [7, 11) is 0. The normalized spacial score (nSPS) is 28.3. The van der Waals surface area contributed by atoms with Crippen molar-refractivity contribution < 1.29 is 9.84 Å². The lowest BCUT2D eigenvalue weighted by atomic mass is 9.99. The van der Waals surface area contributed by atoms with Crippen LogP contribution < -0.4 is 0 Å². The van der Waals surface area contributed by atoms with E-state index in [9.17, 15) is 5.11 Å². The van der Waals surface area contributed by atoms with Gasteiger partial charge in [0.15, 0.2) is 5.82 Å². The first kappa shape index (κ1) is 11.2. The van der Waals surface area contributed by atoms with Crippen molar-refractivity contribution in [3.05, 3.63) is 11.6 Å². The van der Waals surface area contributed by atoms with Gasteiger partial charge in [-0.25, -0.2) is 9.67 Å². The molecule has 1 aromatic rings. The van der Waals surface area contributed by atoms with Gasteiger partial charge in [0.2, 0.25) is 0 Å². The van der Waals surface area contributed by atoms with Crippen molar-refractivity contribution in [1.29, 1.82) is 0 Å². The van der Waals surface area contributed by atoms with Crippen molar-refractivity contribution in [2.75, 3.05) is 19.8 Å². The Morgan fingerprint density at radius 2 is 2.29 bits per heavy atom. The van der Waals surface area contributed by atoms with Gasteiger partial charge in [0.1, 0.15) is 5.82 Å². The van der Waals surface area contributed by atoms with Gasteiger partial charge in [-0.15, -0.1) is 0 Å². The summed E-state index contributed by atoms with van der Waals surface area (Å²) >= 11 is 0. The molecule has 0 saturated carbocycles.